The van der Waals surface area contributed by atoms with Crippen molar-refractivity contribution in [3.63, 3.8) is 0 Å². The predicted octanol–water partition coefficient (Wildman–Crippen LogP) is 10.6. The van der Waals surface area contributed by atoms with Crippen LogP contribution in [0.3, 0.4) is 0 Å². The molecule has 0 bridgehead atoms. The number of hydrogen-bond donors (Lipinski definition) is 0. The van der Waals surface area contributed by atoms with Gasteiger partial charge in [0.1, 0.15) is 11.0 Å². The molecule has 0 saturated carbocycles. The van der Waals surface area contributed by atoms with E-state index < -0.39 is 0 Å². The zero-order chi connectivity index (χ0) is 35.8. The molecule has 9 nitrogen and oxygen atoms in total. The van der Waals surface area contributed by atoms with Gasteiger partial charge in [-0.2, -0.15) is 0 Å². The lowest BCUT2D eigenvalue weighted by Crippen LogP contribution is -2.01. The van der Waals surface area contributed by atoms with Crippen LogP contribution in [-0.4, -0.2) is 34.9 Å². The van der Waals surface area contributed by atoms with Crippen LogP contribution in [0.2, 0.25) is 0 Å². The molecule has 5 aromatic carbocycles. The number of benzene rings is 5. The standard InChI is InChI=1S/C45H27N7O2/c1-3-13-39-37(11-1)48-44(53-39)30-19-15-28(16-20-30)41-50-42(29-17-21-31(22-18-29)45-49-38-12-2-4-14-40(38)54-45)52-43(51-41)34-26-32(35-9-5-7-23-46-35)25-33(27-34)36-10-6-8-24-47-36/h1-27H. The van der Waals surface area contributed by atoms with Crippen LogP contribution in [-0.2, 0) is 0 Å². The summed E-state index contributed by atoms with van der Waals surface area (Å²) in [5.41, 5.74) is 10.7. The summed E-state index contributed by atoms with van der Waals surface area (Å²) in [6.45, 7) is 0. The van der Waals surface area contributed by atoms with E-state index in [9.17, 15) is 0 Å². The second kappa shape index (κ2) is 13.2. The molecule has 0 aliphatic carbocycles. The number of aromatic nitrogens is 7. The first kappa shape index (κ1) is 31.1. The zero-order valence-electron chi connectivity index (χ0n) is 28.5. The minimum absolute atomic E-state index is 0.510. The van der Waals surface area contributed by atoms with Crippen LogP contribution >= 0.6 is 0 Å². The van der Waals surface area contributed by atoms with Gasteiger partial charge in [-0.3, -0.25) is 9.97 Å². The number of oxazole rings is 2. The SMILES string of the molecule is c1ccc(-c2cc(-c3ccccn3)cc(-c3nc(-c4ccc(-c5nc6ccccc6o5)cc4)nc(-c4ccc(-c5nc6ccccc6o5)cc4)n3)c2)nc1. The van der Waals surface area contributed by atoms with E-state index in [2.05, 4.69) is 38.1 Å². The Kier molecular flexibility index (Phi) is 7.58. The highest BCUT2D eigenvalue weighted by Crippen LogP contribution is 2.34. The van der Waals surface area contributed by atoms with Crippen LogP contribution < -0.4 is 0 Å². The van der Waals surface area contributed by atoms with Crippen LogP contribution in [0.25, 0.3) is 102 Å². The zero-order valence-corrected chi connectivity index (χ0v) is 28.5. The molecule has 5 aromatic heterocycles. The van der Waals surface area contributed by atoms with Crippen molar-refractivity contribution in [2.75, 3.05) is 0 Å². The normalized spacial score (nSPS) is 11.3. The van der Waals surface area contributed by atoms with Gasteiger partial charge in [-0.25, -0.2) is 24.9 Å². The lowest BCUT2D eigenvalue weighted by molar-refractivity contribution is 0.619. The molecule has 10 rings (SSSR count). The van der Waals surface area contributed by atoms with Crippen molar-refractivity contribution in [1.82, 2.24) is 34.9 Å². The molecule has 0 fully saturated rings. The smallest absolute Gasteiger partial charge is 0.227 e. The fourth-order valence-electron chi connectivity index (χ4n) is 6.40. The Morgan fingerprint density at radius 3 is 1.13 bits per heavy atom. The summed E-state index contributed by atoms with van der Waals surface area (Å²) in [5, 5.41) is 0. The Labute approximate surface area is 308 Å². The van der Waals surface area contributed by atoms with Gasteiger partial charge < -0.3 is 8.83 Å². The molecular weight excluding hydrogens is 671 g/mol. The van der Waals surface area contributed by atoms with Gasteiger partial charge in [0.25, 0.3) is 0 Å². The van der Waals surface area contributed by atoms with E-state index >= 15 is 0 Å². The highest BCUT2D eigenvalue weighted by molar-refractivity contribution is 5.80. The van der Waals surface area contributed by atoms with Crippen LogP contribution in [0.5, 0.6) is 0 Å². The summed E-state index contributed by atoms with van der Waals surface area (Å²) < 4.78 is 12.1. The van der Waals surface area contributed by atoms with E-state index in [0.29, 0.717) is 29.3 Å². The molecule has 0 amide bonds. The fourth-order valence-corrected chi connectivity index (χ4v) is 6.40. The van der Waals surface area contributed by atoms with Gasteiger partial charge in [-0.15, -0.1) is 0 Å². The van der Waals surface area contributed by atoms with Gasteiger partial charge >= 0.3 is 0 Å². The molecule has 0 spiro atoms. The van der Waals surface area contributed by atoms with Gasteiger partial charge in [0.15, 0.2) is 28.6 Å². The maximum Gasteiger partial charge on any atom is 0.227 e. The molecule has 0 aliphatic rings. The van der Waals surface area contributed by atoms with Gasteiger partial charge in [-0.05, 0) is 91.0 Å². The van der Waals surface area contributed by atoms with Crippen LogP contribution in [0.15, 0.2) is 173 Å². The Morgan fingerprint density at radius 1 is 0.315 bits per heavy atom. The van der Waals surface area contributed by atoms with Crippen molar-refractivity contribution >= 4 is 22.2 Å². The minimum Gasteiger partial charge on any atom is -0.436 e. The molecule has 0 saturated heterocycles. The summed E-state index contributed by atoms with van der Waals surface area (Å²) in [4.78, 5) is 33.8. The molecule has 5 heterocycles. The van der Waals surface area contributed by atoms with Gasteiger partial charge in [0, 0.05) is 51.3 Å². The quantitative estimate of drug-likeness (QED) is 0.160. The topological polar surface area (TPSA) is 117 Å². The van der Waals surface area contributed by atoms with Crippen molar-refractivity contribution in [3.8, 4) is 79.6 Å². The summed E-state index contributed by atoms with van der Waals surface area (Å²) in [5.74, 6) is 2.64. The van der Waals surface area contributed by atoms with E-state index in [1.165, 1.54) is 0 Å². The molecule has 0 atom stereocenters. The van der Waals surface area contributed by atoms with E-state index in [1.54, 1.807) is 12.4 Å². The van der Waals surface area contributed by atoms with Crippen molar-refractivity contribution in [1.29, 1.82) is 0 Å². The van der Waals surface area contributed by atoms with E-state index in [-0.39, 0.29) is 0 Å². The van der Waals surface area contributed by atoms with Crippen LogP contribution in [0, 0.1) is 0 Å². The van der Waals surface area contributed by atoms with Crippen molar-refractivity contribution < 1.29 is 8.83 Å². The monoisotopic (exact) mass is 697 g/mol. The molecule has 0 aliphatic heterocycles. The fraction of sp³-hybridized carbons (Fsp3) is 0. The summed E-state index contributed by atoms with van der Waals surface area (Å²) in [6.07, 6.45) is 3.58. The number of hydrogen-bond acceptors (Lipinski definition) is 9. The third-order valence-corrected chi connectivity index (χ3v) is 9.12. The largest absolute Gasteiger partial charge is 0.436 e. The summed E-state index contributed by atoms with van der Waals surface area (Å²) >= 11 is 0. The van der Waals surface area contributed by atoms with Crippen molar-refractivity contribution in [2.24, 2.45) is 0 Å². The lowest BCUT2D eigenvalue weighted by atomic mass is 10.00. The average molecular weight is 698 g/mol. The van der Waals surface area contributed by atoms with Crippen molar-refractivity contribution in [3.05, 3.63) is 164 Å². The molecule has 0 N–H and O–H groups in total. The van der Waals surface area contributed by atoms with Crippen LogP contribution in [0.1, 0.15) is 0 Å². The van der Waals surface area contributed by atoms with Gasteiger partial charge in [0.05, 0.1) is 11.4 Å². The summed E-state index contributed by atoms with van der Waals surface area (Å²) in [6, 6.07) is 49.2. The lowest BCUT2D eigenvalue weighted by Gasteiger charge is -2.12. The second-order valence-corrected chi connectivity index (χ2v) is 12.7. The molecule has 9 heteroatoms. The molecule has 10 aromatic rings. The van der Waals surface area contributed by atoms with Gasteiger partial charge in [0.2, 0.25) is 11.8 Å². The Balaban J connectivity index is 1.10. The highest BCUT2D eigenvalue weighted by Gasteiger charge is 2.17. The number of nitrogens with zero attached hydrogens (tertiary/aromatic N) is 7. The second-order valence-electron chi connectivity index (χ2n) is 12.7. The van der Waals surface area contributed by atoms with Crippen LogP contribution in [0.4, 0.5) is 0 Å². The molecule has 0 radical (unpaired) electrons. The van der Waals surface area contributed by atoms with E-state index in [4.69, 9.17) is 23.8 Å². The molecule has 254 valence electrons. The first-order valence-electron chi connectivity index (χ1n) is 17.4. The third-order valence-electron chi connectivity index (χ3n) is 9.12. The number of rotatable bonds is 7. The number of para-hydroxylation sites is 4. The molecule has 0 unspecified atom stereocenters. The first-order valence-corrected chi connectivity index (χ1v) is 17.4. The van der Waals surface area contributed by atoms with E-state index in [1.807, 2.05) is 133 Å². The third kappa shape index (κ3) is 5.95. The maximum absolute atomic E-state index is 6.03. The molecular formula is C45H27N7O2. The van der Waals surface area contributed by atoms with Crippen molar-refractivity contribution in [2.45, 2.75) is 0 Å². The maximum atomic E-state index is 6.03. The average Bonchev–Trinajstić information content (AvgIpc) is 3.89. The Morgan fingerprint density at radius 2 is 0.704 bits per heavy atom. The Bertz CT molecular complexity index is 2660. The number of fused-ring (bicyclic) bond motifs is 2. The summed E-state index contributed by atoms with van der Waals surface area (Å²) in [7, 11) is 0. The molecule has 54 heavy (non-hydrogen) atoms. The predicted molar refractivity (Wildman–Crippen MR) is 209 cm³/mol. The minimum atomic E-state index is 0.510. The highest BCUT2D eigenvalue weighted by atomic mass is 16.4. The first-order chi connectivity index (χ1) is 26.7. The number of pyridine rings is 2. The van der Waals surface area contributed by atoms with Gasteiger partial charge in [-0.1, -0.05) is 60.7 Å². The van der Waals surface area contributed by atoms with E-state index in [0.717, 1.165) is 72.5 Å². The Hall–Kier alpha value is -7.65.